The Labute approximate surface area is 166 Å². The maximum Gasteiger partial charge on any atom is 0.191 e. The molecule has 0 saturated carbocycles. The second-order valence-corrected chi connectivity index (χ2v) is 7.17. The topological polar surface area (TPSA) is 88.1 Å². The van der Waals surface area contributed by atoms with E-state index in [1.54, 1.807) is 6.26 Å². The zero-order valence-electron chi connectivity index (χ0n) is 16.8. The number of morpholine rings is 1. The molecule has 1 fully saturated rings. The third-order valence-corrected chi connectivity index (χ3v) is 4.63. The van der Waals surface area contributed by atoms with Crippen LogP contribution in [0.25, 0.3) is 0 Å². The second-order valence-electron chi connectivity index (χ2n) is 7.17. The predicted molar refractivity (Wildman–Crippen MR) is 107 cm³/mol. The van der Waals surface area contributed by atoms with E-state index < -0.39 is 0 Å². The van der Waals surface area contributed by atoms with Gasteiger partial charge in [0.15, 0.2) is 11.7 Å². The molecule has 0 amide bonds. The van der Waals surface area contributed by atoms with Crippen LogP contribution in [-0.2, 0) is 17.7 Å². The van der Waals surface area contributed by atoms with Crippen LogP contribution in [0.1, 0.15) is 37.0 Å². The molecule has 0 atom stereocenters. The summed E-state index contributed by atoms with van der Waals surface area (Å²) in [6.07, 6.45) is 2.50. The lowest BCUT2D eigenvalue weighted by atomic mass is 10.1. The average molecular weight is 390 g/mol. The van der Waals surface area contributed by atoms with Crippen molar-refractivity contribution < 1.29 is 13.7 Å². The van der Waals surface area contributed by atoms with E-state index in [4.69, 9.17) is 13.7 Å². The Hall–Kier alpha value is -2.32. The Bertz CT molecular complexity index is 705. The van der Waals surface area contributed by atoms with Gasteiger partial charge in [0.1, 0.15) is 12.3 Å². The first-order valence-corrected chi connectivity index (χ1v) is 10.0. The highest BCUT2D eigenvalue weighted by Crippen LogP contribution is 2.14. The van der Waals surface area contributed by atoms with Crippen LogP contribution in [0.2, 0.25) is 0 Å². The SMILES string of the molecule is CC(C)c1cc(CN=C(NCCc2ccco2)NCCN2CCOCC2)on1. The summed E-state index contributed by atoms with van der Waals surface area (Å²) in [6.45, 7) is 10.8. The molecule has 8 nitrogen and oxygen atoms in total. The van der Waals surface area contributed by atoms with Gasteiger partial charge in [-0.15, -0.1) is 0 Å². The molecule has 2 aromatic heterocycles. The molecule has 1 aliphatic rings. The van der Waals surface area contributed by atoms with Crippen LogP contribution < -0.4 is 10.6 Å². The minimum absolute atomic E-state index is 0.346. The molecule has 0 aromatic carbocycles. The number of ether oxygens (including phenoxy) is 1. The van der Waals surface area contributed by atoms with Gasteiger partial charge in [-0.3, -0.25) is 4.90 Å². The number of aromatic nitrogens is 1. The molecule has 2 aromatic rings. The first-order chi connectivity index (χ1) is 13.7. The number of guanidine groups is 1. The lowest BCUT2D eigenvalue weighted by Gasteiger charge is -2.26. The molecular weight excluding hydrogens is 358 g/mol. The van der Waals surface area contributed by atoms with Crippen LogP contribution >= 0.6 is 0 Å². The molecule has 1 saturated heterocycles. The van der Waals surface area contributed by atoms with Crippen LogP contribution in [0.3, 0.4) is 0 Å². The highest BCUT2D eigenvalue weighted by molar-refractivity contribution is 5.79. The van der Waals surface area contributed by atoms with Gasteiger partial charge < -0.3 is 24.3 Å². The fraction of sp³-hybridized carbons (Fsp3) is 0.600. The monoisotopic (exact) mass is 389 g/mol. The van der Waals surface area contributed by atoms with Crippen LogP contribution in [0, 0.1) is 0 Å². The van der Waals surface area contributed by atoms with Gasteiger partial charge in [0, 0.05) is 45.2 Å². The van der Waals surface area contributed by atoms with Gasteiger partial charge in [0.25, 0.3) is 0 Å². The fourth-order valence-electron chi connectivity index (χ4n) is 2.92. The molecule has 28 heavy (non-hydrogen) atoms. The van der Waals surface area contributed by atoms with Gasteiger partial charge in [-0.1, -0.05) is 19.0 Å². The summed E-state index contributed by atoms with van der Waals surface area (Å²) in [4.78, 5) is 7.05. The minimum Gasteiger partial charge on any atom is -0.469 e. The number of hydrogen-bond donors (Lipinski definition) is 2. The van der Waals surface area contributed by atoms with Crippen LogP contribution in [0.5, 0.6) is 0 Å². The molecule has 3 rings (SSSR count). The summed E-state index contributed by atoms with van der Waals surface area (Å²) in [6, 6.07) is 5.86. The molecular formula is C20H31N5O3. The lowest BCUT2D eigenvalue weighted by molar-refractivity contribution is 0.0389. The largest absolute Gasteiger partial charge is 0.469 e. The third kappa shape index (κ3) is 6.69. The van der Waals surface area contributed by atoms with E-state index in [-0.39, 0.29) is 0 Å². The molecule has 0 bridgehead atoms. The van der Waals surface area contributed by atoms with E-state index in [1.165, 1.54) is 0 Å². The van der Waals surface area contributed by atoms with Gasteiger partial charge in [-0.2, -0.15) is 0 Å². The second kappa shape index (κ2) is 10.9. The van der Waals surface area contributed by atoms with E-state index in [0.29, 0.717) is 12.5 Å². The fourth-order valence-corrected chi connectivity index (χ4v) is 2.92. The highest BCUT2D eigenvalue weighted by atomic mass is 16.5. The molecule has 0 unspecified atom stereocenters. The van der Waals surface area contributed by atoms with Crippen molar-refractivity contribution in [1.82, 2.24) is 20.7 Å². The van der Waals surface area contributed by atoms with Gasteiger partial charge in [0.2, 0.25) is 0 Å². The molecule has 8 heteroatoms. The van der Waals surface area contributed by atoms with Crippen molar-refractivity contribution in [2.75, 3.05) is 45.9 Å². The minimum atomic E-state index is 0.346. The first-order valence-electron chi connectivity index (χ1n) is 10.0. The number of rotatable bonds is 9. The summed E-state index contributed by atoms with van der Waals surface area (Å²) in [7, 11) is 0. The van der Waals surface area contributed by atoms with Gasteiger partial charge in [0.05, 0.1) is 25.2 Å². The van der Waals surface area contributed by atoms with Gasteiger partial charge in [-0.05, 0) is 18.1 Å². The van der Waals surface area contributed by atoms with Gasteiger partial charge >= 0.3 is 0 Å². The molecule has 154 valence electrons. The Morgan fingerprint density at radius 2 is 2.04 bits per heavy atom. The Balaban J connectivity index is 1.50. The Morgan fingerprint density at radius 1 is 1.21 bits per heavy atom. The zero-order valence-corrected chi connectivity index (χ0v) is 16.8. The van der Waals surface area contributed by atoms with E-state index in [0.717, 1.165) is 75.5 Å². The number of aliphatic imine (C=N–C) groups is 1. The Kier molecular flexibility index (Phi) is 7.93. The number of hydrogen-bond acceptors (Lipinski definition) is 6. The van der Waals surface area contributed by atoms with Crippen molar-refractivity contribution in [3.63, 3.8) is 0 Å². The molecule has 2 N–H and O–H groups in total. The van der Waals surface area contributed by atoms with Crippen molar-refractivity contribution in [3.8, 4) is 0 Å². The van der Waals surface area contributed by atoms with Crippen molar-refractivity contribution in [2.45, 2.75) is 32.7 Å². The molecule has 1 aliphatic heterocycles. The molecule has 0 radical (unpaired) electrons. The van der Waals surface area contributed by atoms with Crippen LogP contribution in [0.4, 0.5) is 0 Å². The van der Waals surface area contributed by atoms with Crippen molar-refractivity contribution in [1.29, 1.82) is 0 Å². The summed E-state index contributed by atoms with van der Waals surface area (Å²) in [5.74, 6) is 2.84. The first kappa shape index (κ1) is 20.4. The standard InChI is InChI=1S/C20H31N5O3/c1-16(2)19-14-18(28-24-19)15-23-20(21-6-5-17-4-3-11-27-17)22-7-8-25-9-12-26-13-10-25/h3-4,11,14,16H,5-10,12-13,15H2,1-2H3,(H2,21,22,23). The zero-order chi connectivity index (χ0) is 19.6. The Morgan fingerprint density at radius 3 is 2.75 bits per heavy atom. The maximum atomic E-state index is 5.40. The molecule has 0 spiro atoms. The van der Waals surface area contributed by atoms with E-state index in [1.807, 2.05) is 18.2 Å². The normalized spacial score (nSPS) is 15.9. The maximum absolute atomic E-state index is 5.40. The lowest BCUT2D eigenvalue weighted by Crippen LogP contribution is -2.44. The van der Waals surface area contributed by atoms with Crippen LogP contribution in [-0.4, -0.2) is 62.0 Å². The molecule has 3 heterocycles. The summed E-state index contributed by atoms with van der Waals surface area (Å²) in [5.41, 5.74) is 0.956. The quantitative estimate of drug-likeness (QED) is 0.501. The van der Waals surface area contributed by atoms with E-state index >= 15 is 0 Å². The number of nitrogens with zero attached hydrogens (tertiary/aromatic N) is 3. The van der Waals surface area contributed by atoms with Crippen molar-refractivity contribution in [3.05, 3.63) is 41.7 Å². The van der Waals surface area contributed by atoms with Crippen molar-refractivity contribution >= 4 is 5.96 Å². The molecule has 0 aliphatic carbocycles. The van der Waals surface area contributed by atoms with Crippen LogP contribution in [0.15, 0.2) is 38.4 Å². The van der Waals surface area contributed by atoms with E-state index in [2.05, 4.69) is 39.5 Å². The number of furan rings is 1. The predicted octanol–water partition coefficient (Wildman–Crippen LogP) is 2.00. The summed E-state index contributed by atoms with van der Waals surface area (Å²) >= 11 is 0. The third-order valence-electron chi connectivity index (χ3n) is 4.63. The number of nitrogens with one attached hydrogen (secondary N) is 2. The smallest absolute Gasteiger partial charge is 0.191 e. The van der Waals surface area contributed by atoms with Crippen molar-refractivity contribution in [2.24, 2.45) is 4.99 Å². The highest BCUT2D eigenvalue weighted by Gasteiger charge is 2.11. The summed E-state index contributed by atoms with van der Waals surface area (Å²) < 4.78 is 16.2. The van der Waals surface area contributed by atoms with E-state index in [9.17, 15) is 0 Å². The average Bonchev–Trinajstić information content (AvgIpc) is 3.38. The summed E-state index contributed by atoms with van der Waals surface area (Å²) in [5, 5.41) is 10.9. The van der Waals surface area contributed by atoms with Gasteiger partial charge in [-0.25, -0.2) is 4.99 Å².